The van der Waals surface area contributed by atoms with Gasteiger partial charge in [0.2, 0.25) is 6.41 Å². The molecule has 10 nitrogen and oxygen atoms in total. The van der Waals surface area contributed by atoms with Gasteiger partial charge in [-0.1, -0.05) is 238 Å². The molecular weight excluding hydrogens is 811 g/mol. The Balaban J connectivity index is 5.65. The van der Waals surface area contributed by atoms with Crippen molar-refractivity contribution in [2.45, 2.75) is 283 Å². The summed E-state index contributed by atoms with van der Waals surface area (Å²) in [5.41, 5.74) is 0. The number of unbranched alkanes of at least 4 members (excludes halogenated alkanes) is 28. The number of aliphatic hydroxyl groups is 3. The maximum Gasteiger partial charge on any atom is 0.207 e. The van der Waals surface area contributed by atoms with Gasteiger partial charge in [0.05, 0.1) is 18.3 Å². The van der Waals surface area contributed by atoms with Crippen molar-refractivity contribution in [3.63, 3.8) is 0 Å². The van der Waals surface area contributed by atoms with Crippen LogP contribution in [0.4, 0.5) is 0 Å². The lowest BCUT2D eigenvalue weighted by molar-refractivity contribution is -0.109. The highest BCUT2D eigenvalue weighted by molar-refractivity contribution is 5.45. The summed E-state index contributed by atoms with van der Waals surface area (Å²) in [4.78, 5) is 30.4. The van der Waals surface area contributed by atoms with Gasteiger partial charge in [0.1, 0.15) is 6.04 Å². The maximum atomic E-state index is 12.2. The summed E-state index contributed by atoms with van der Waals surface area (Å²) in [6.45, 7) is 15.3. The predicted octanol–water partition coefficient (Wildman–Crippen LogP) is 13.0. The molecule has 0 aromatic rings. The zero-order valence-electron chi connectivity index (χ0n) is 43.9. The highest BCUT2D eigenvalue weighted by Crippen LogP contribution is 2.17. The van der Waals surface area contributed by atoms with E-state index < -0.39 is 18.3 Å². The SMILES string of the molecule is CCCCCCCCCCC(O)CN(CCN(CCNC=O)CCN(CC(O)CCCCCCCCCC)CC(CCCCCCCCCC)N=O)CC(O)CCCCCCCCCC. The smallest absolute Gasteiger partial charge is 0.207 e. The second-order valence-electron chi connectivity index (χ2n) is 20.2. The number of nitroso groups, excluding NO2 is 1. The Bertz CT molecular complexity index is 937. The van der Waals surface area contributed by atoms with Crippen LogP contribution in [0.5, 0.6) is 0 Å². The number of carbonyl (C=O) groups excluding carboxylic acids is 1. The molecule has 388 valence electrons. The van der Waals surface area contributed by atoms with Crippen LogP contribution < -0.4 is 5.32 Å². The van der Waals surface area contributed by atoms with Crippen molar-refractivity contribution in [2.24, 2.45) is 5.18 Å². The number of hydrogen-bond donors (Lipinski definition) is 4. The van der Waals surface area contributed by atoms with E-state index in [0.717, 1.165) is 96.5 Å². The lowest BCUT2D eigenvalue weighted by Gasteiger charge is -2.33. The van der Waals surface area contributed by atoms with Gasteiger partial charge in [0, 0.05) is 65.4 Å². The van der Waals surface area contributed by atoms with Gasteiger partial charge >= 0.3 is 0 Å². The van der Waals surface area contributed by atoms with Crippen molar-refractivity contribution in [1.82, 2.24) is 20.0 Å². The van der Waals surface area contributed by atoms with Crippen molar-refractivity contribution in [2.75, 3.05) is 65.4 Å². The first-order chi connectivity index (χ1) is 31.8. The second kappa shape index (κ2) is 50.7. The number of nitrogens with one attached hydrogen (secondary N) is 1. The third kappa shape index (κ3) is 45.1. The lowest BCUT2D eigenvalue weighted by Crippen LogP contribution is -2.47. The fourth-order valence-corrected chi connectivity index (χ4v) is 9.40. The Hall–Kier alpha value is -1.17. The number of nitrogens with zero attached hydrogens (tertiary/aromatic N) is 4. The molecular formula is C55H113N5O5. The molecule has 4 unspecified atom stereocenters. The topological polar surface area (TPSA) is 129 Å². The minimum absolute atomic E-state index is 0.295. The molecule has 4 atom stereocenters. The molecule has 0 aliphatic rings. The zero-order valence-corrected chi connectivity index (χ0v) is 43.9. The largest absolute Gasteiger partial charge is 0.392 e. The number of carbonyl (C=O) groups is 1. The summed E-state index contributed by atoms with van der Waals surface area (Å²) in [5, 5.41) is 40.3. The van der Waals surface area contributed by atoms with E-state index in [1.54, 1.807) is 0 Å². The minimum atomic E-state index is -0.448. The van der Waals surface area contributed by atoms with Crippen molar-refractivity contribution in [3.05, 3.63) is 4.91 Å². The first-order valence-corrected chi connectivity index (χ1v) is 28.5. The fraction of sp³-hybridized carbons (Fsp3) is 0.982. The van der Waals surface area contributed by atoms with Crippen LogP contribution in [0.2, 0.25) is 0 Å². The van der Waals surface area contributed by atoms with Crippen LogP contribution in [-0.2, 0) is 4.79 Å². The van der Waals surface area contributed by atoms with E-state index in [-0.39, 0.29) is 6.04 Å². The van der Waals surface area contributed by atoms with Crippen LogP contribution in [0.25, 0.3) is 0 Å². The molecule has 0 aliphatic heterocycles. The van der Waals surface area contributed by atoms with Gasteiger partial charge in [-0.05, 0) is 25.7 Å². The van der Waals surface area contributed by atoms with E-state index in [1.165, 1.54) is 154 Å². The summed E-state index contributed by atoms with van der Waals surface area (Å²) in [6, 6.07) is -0.295. The summed E-state index contributed by atoms with van der Waals surface area (Å²) in [7, 11) is 0. The van der Waals surface area contributed by atoms with E-state index in [4.69, 9.17) is 0 Å². The first kappa shape index (κ1) is 63.8. The number of rotatable bonds is 55. The van der Waals surface area contributed by atoms with Crippen LogP contribution in [0.1, 0.15) is 259 Å². The molecule has 0 fully saturated rings. The zero-order chi connectivity index (χ0) is 47.7. The minimum Gasteiger partial charge on any atom is -0.392 e. The number of aliphatic hydroxyl groups excluding tert-OH is 3. The summed E-state index contributed by atoms with van der Waals surface area (Å²) >= 11 is 0. The third-order valence-corrected chi connectivity index (χ3v) is 13.7. The predicted molar refractivity (Wildman–Crippen MR) is 280 cm³/mol. The monoisotopic (exact) mass is 924 g/mol. The van der Waals surface area contributed by atoms with Crippen LogP contribution in [-0.4, -0.2) is 126 Å². The molecule has 10 heteroatoms. The molecule has 0 aromatic heterocycles. The molecule has 0 saturated carbocycles. The van der Waals surface area contributed by atoms with E-state index in [0.29, 0.717) is 52.4 Å². The van der Waals surface area contributed by atoms with Gasteiger partial charge in [-0.2, -0.15) is 4.91 Å². The maximum absolute atomic E-state index is 12.2. The van der Waals surface area contributed by atoms with Crippen molar-refractivity contribution in [1.29, 1.82) is 0 Å². The fourth-order valence-electron chi connectivity index (χ4n) is 9.40. The highest BCUT2D eigenvalue weighted by atomic mass is 16.3. The van der Waals surface area contributed by atoms with Crippen molar-refractivity contribution >= 4 is 6.41 Å². The molecule has 0 heterocycles. The third-order valence-electron chi connectivity index (χ3n) is 13.7. The summed E-state index contributed by atoms with van der Waals surface area (Å²) in [5.74, 6) is 0. The molecule has 0 spiro atoms. The second-order valence-corrected chi connectivity index (χ2v) is 20.2. The quantitative estimate of drug-likeness (QED) is 0.0270. The van der Waals surface area contributed by atoms with E-state index in [9.17, 15) is 25.0 Å². The molecule has 0 saturated heterocycles. The molecule has 0 bridgehead atoms. The van der Waals surface area contributed by atoms with Gasteiger partial charge in [-0.15, -0.1) is 0 Å². The number of amides is 1. The van der Waals surface area contributed by atoms with E-state index in [2.05, 4.69) is 52.9 Å². The van der Waals surface area contributed by atoms with Gasteiger partial charge in [-0.25, -0.2) is 0 Å². The highest BCUT2D eigenvalue weighted by Gasteiger charge is 2.21. The molecule has 0 rings (SSSR count). The Morgan fingerprint density at radius 2 is 0.662 bits per heavy atom. The average Bonchev–Trinajstić information content (AvgIpc) is 3.29. The summed E-state index contributed by atoms with van der Waals surface area (Å²) < 4.78 is 0. The standard InChI is InChI=1S/C55H113N5O5/c1-5-9-13-17-21-25-29-33-37-52(57-65)47-59(48-53(62)38-34-30-26-22-18-14-10-6-2)45-43-58(42-41-56-51-61)44-46-60(49-54(63)39-35-31-27-23-19-15-11-7-3)50-55(64)40-36-32-28-24-20-16-12-8-4/h51-55,62-64H,5-50H2,1-4H3,(H,56,61). The molecule has 65 heavy (non-hydrogen) atoms. The Morgan fingerprint density at radius 3 is 0.969 bits per heavy atom. The summed E-state index contributed by atoms with van der Waals surface area (Å²) in [6.07, 6.45) is 42.1. The molecule has 4 N–H and O–H groups in total. The lowest BCUT2D eigenvalue weighted by atomic mass is 10.0. The average molecular weight is 925 g/mol. The van der Waals surface area contributed by atoms with Gasteiger partial charge < -0.3 is 20.6 Å². The normalized spacial score (nSPS) is 13.8. The van der Waals surface area contributed by atoms with Crippen molar-refractivity contribution < 1.29 is 20.1 Å². The Kier molecular flexibility index (Phi) is 49.8. The van der Waals surface area contributed by atoms with E-state index >= 15 is 0 Å². The molecule has 0 radical (unpaired) electrons. The Morgan fingerprint density at radius 1 is 0.385 bits per heavy atom. The van der Waals surface area contributed by atoms with Crippen LogP contribution >= 0.6 is 0 Å². The molecule has 0 aromatic carbocycles. The number of hydrogen-bond acceptors (Lipinski definition) is 9. The van der Waals surface area contributed by atoms with Gasteiger partial charge in [-0.3, -0.25) is 19.5 Å². The van der Waals surface area contributed by atoms with Gasteiger partial charge in [0.15, 0.2) is 0 Å². The van der Waals surface area contributed by atoms with Crippen LogP contribution in [0.15, 0.2) is 5.18 Å². The van der Waals surface area contributed by atoms with E-state index in [1.807, 2.05) is 0 Å². The van der Waals surface area contributed by atoms with Crippen molar-refractivity contribution in [3.8, 4) is 0 Å². The van der Waals surface area contributed by atoms with Gasteiger partial charge in [0.25, 0.3) is 0 Å². The van der Waals surface area contributed by atoms with Crippen LogP contribution in [0.3, 0.4) is 0 Å². The Labute approximate surface area is 404 Å². The molecule has 1 amide bonds. The molecule has 0 aliphatic carbocycles. The van der Waals surface area contributed by atoms with Crippen LogP contribution in [0, 0.1) is 4.91 Å². The first-order valence-electron chi connectivity index (χ1n) is 28.5.